The average Bonchev–Trinajstić information content (AvgIpc) is 2.81. The van der Waals surface area contributed by atoms with Gasteiger partial charge in [0.25, 0.3) is 0 Å². The van der Waals surface area contributed by atoms with Crippen molar-refractivity contribution in [2.75, 3.05) is 50.6 Å². The minimum Gasteiger partial charge on any atom is -0.365 e. The van der Waals surface area contributed by atoms with Crippen LogP contribution in [0.5, 0.6) is 0 Å². The highest BCUT2D eigenvalue weighted by molar-refractivity contribution is 5.91. The number of benzene rings is 1. The van der Waals surface area contributed by atoms with E-state index in [4.69, 9.17) is 4.74 Å². The van der Waals surface area contributed by atoms with Crippen LogP contribution in [0.15, 0.2) is 18.2 Å². The molecule has 0 spiro atoms. The quantitative estimate of drug-likeness (QED) is 0.426. The minimum absolute atomic E-state index is 0.198. The number of likely N-dealkylation sites (N-methyl/N-ethyl adjacent to an activating group) is 2. The predicted molar refractivity (Wildman–Crippen MR) is 121 cm³/mol. The zero-order chi connectivity index (χ0) is 22.6. The number of amides is 2. The Labute approximate surface area is 184 Å². The lowest BCUT2D eigenvalue weighted by atomic mass is 10.1. The molecule has 1 aliphatic rings. The molecule has 1 aromatic rings. The summed E-state index contributed by atoms with van der Waals surface area (Å²) in [5.41, 5.74) is 1.95. The fraction of sp³-hybridized carbons (Fsp3) is 0.522. The maximum atomic E-state index is 12.4. The number of hydrogen-bond donors (Lipinski definition) is 2. The van der Waals surface area contributed by atoms with Gasteiger partial charge in [0.05, 0.1) is 23.0 Å². The molecule has 1 aromatic carbocycles. The monoisotopic (exact) mass is 428 g/mol. The van der Waals surface area contributed by atoms with Crippen LogP contribution in [0.2, 0.25) is 0 Å². The highest BCUT2D eigenvalue weighted by Crippen LogP contribution is 2.33. The Morgan fingerprint density at radius 1 is 1.32 bits per heavy atom. The SMILES string of the molecule is CNC(=O)C(CCC=O)N(C)c1cccc(C#CCOC2CCNCC2)c1N(C)C=O. The number of carbonyl (C=O) groups is 3. The molecule has 1 fully saturated rings. The summed E-state index contributed by atoms with van der Waals surface area (Å²) in [6, 6.07) is 4.96. The van der Waals surface area contributed by atoms with E-state index in [0.717, 1.165) is 32.2 Å². The van der Waals surface area contributed by atoms with Crippen molar-refractivity contribution >= 4 is 30.0 Å². The summed E-state index contributed by atoms with van der Waals surface area (Å²) in [5.74, 6) is 5.97. The summed E-state index contributed by atoms with van der Waals surface area (Å²) in [4.78, 5) is 38.1. The van der Waals surface area contributed by atoms with Crippen LogP contribution in [0.1, 0.15) is 31.2 Å². The van der Waals surface area contributed by atoms with Crippen molar-refractivity contribution < 1.29 is 19.1 Å². The molecule has 1 heterocycles. The molecule has 2 amide bonds. The van der Waals surface area contributed by atoms with Crippen LogP contribution in [0.3, 0.4) is 0 Å². The normalized spacial score (nSPS) is 14.7. The second-order valence-electron chi connectivity index (χ2n) is 7.44. The molecule has 2 N–H and O–H groups in total. The van der Waals surface area contributed by atoms with Crippen molar-refractivity contribution in [1.29, 1.82) is 0 Å². The Morgan fingerprint density at radius 3 is 2.71 bits per heavy atom. The number of hydrogen-bond acceptors (Lipinski definition) is 6. The Kier molecular flexibility index (Phi) is 10.0. The molecule has 0 aromatic heterocycles. The minimum atomic E-state index is -0.555. The zero-order valence-electron chi connectivity index (χ0n) is 18.5. The highest BCUT2D eigenvalue weighted by atomic mass is 16.5. The van der Waals surface area contributed by atoms with Gasteiger partial charge in [-0.2, -0.15) is 0 Å². The number of para-hydroxylation sites is 1. The fourth-order valence-corrected chi connectivity index (χ4v) is 3.65. The highest BCUT2D eigenvalue weighted by Gasteiger charge is 2.25. The van der Waals surface area contributed by atoms with Gasteiger partial charge in [-0.15, -0.1) is 0 Å². The second-order valence-corrected chi connectivity index (χ2v) is 7.44. The van der Waals surface area contributed by atoms with E-state index in [0.29, 0.717) is 36.4 Å². The molecule has 0 bridgehead atoms. The molecule has 0 aliphatic carbocycles. The summed E-state index contributed by atoms with van der Waals surface area (Å²) in [6.45, 7) is 2.23. The van der Waals surface area contributed by atoms with Gasteiger partial charge in [0.15, 0.2) is 0 Å². The van der Waals surface area contributed by atoms with E-state index >= 15 is 0 Å². The summed E-state index contributed by atoms with van der Waals surface area (Å²) in [6.07, 6.45) is 4.30. The van der Waals surface area contributed by atoms with E-state index < -0.39 is 6.04 Å². The fourth-order valence-electron chi connectivity index (χ4n) is 3.65. The van der Waals surface area contributed by atoms with Gasteiger partial charge >= 0.3 is 0 Å². The number of aldehydes is 1. The van der Waals surface area contributed by atoms with E-state index in [2.05, 4.69) is 22.5 Å². The molecule has 31 heavy (non-hydrogen) atoms. The van der Waals surface area contributed by atoms with Gasteiger partial charge in [0, 0.05) is 27.6 Å². The molecule has 1 saturated heterocycles. The standard InChI is InChI=1S/C23H32N4O4/c1-24-23(30)21(10-5-15-28)27(3)20-9-4-7-18(22(20)26(2)17-29)8-6-16-31-19-11-13-25-14-12-19/h4,7,9,15,17,19,21,25H,5,10-14,16H2,1-3H3,(H,24,30). The third-order valence-electron chi connectivity index (χ3n) is 5.38. The zero-order valence-corrected chi connectivity index (χ0v) is 18.5. The molecule has 1 atom stereocenters. The summed E-state index contributed by atoms with van der Waals surface area (Å²) in [7, 11) is 4.99. The molecule has 168 valence electrons. The lowest BCUT2D eigenvalue weighted by Gasteiger charge is -2.31. The van der Waals surface area contributed by atoms with Gasteiger partial charge in [0.1, 0.15) is 18.9 Å². The van der Waals surface area contributed by atoms with E-state index in [1.165, 1.54) is 4.90 Å². The Hall–Kier alpha value is -2.89. The van der Waals surface area contributed by atoms with Crippen molar-refractivity contribution in [3.8, 4) is 11.8 Å². The van der Waals surface area contributed by atoms with Crippen molar-refractivity contribution in [1.82, 2.24) is 10.6 Å². The van der Waals surface area contributed by atoms with Crippen LogP contribution < -0.4 is 20.4 Å². The molecule has 1 unspecified atom stereocenters. The molecule has 0 saturated carbocycles. The Bertz CT molecular complexity index is 812. The number of ether oxygens (including phenoxy) is 1. The van der Waals surface area contributed by atoms with Crippen LogP contribution in [-0.2, 0) is 19.1 Å². The number of anilines is 2. The van der Waals surface area contributed by atoms with Gasteiger partial charge in [-0.3, -0.25) is 9.59 Å². The lowest BCUT2D eigenvalue weighted by Crippen LogP contribution is -2.44. The number of nitrogens with zero attached hydrogens (tertiary/aromatic N) is 2. The number of carbonyl (C=O) groups excluding carboxylic acids is 3. The first-order valence-corrected chi connectivity index (χ1v) is 10.5. The van der Waals surface area contributed by atoms with E-state index in [9.17, 15) is 14.4 Å². The smallest absolute Gasteiger partial charge is 0.242 e. The topological polar surface area (TPSA) is 91.0 Å². The van der Waals surface area contributed by atoms with Crippen LogP contribution >= 0.6 is 0 Å². The number of piperidine rings is 1. The second kappa shape index (κ2) is 12.7. The van der Waals surface area contributed by atoms with Gasteiger partial charge in [-0.05, 0) is 44.5 Å². The summed E-state index contributed by atoms with van der Waals surface area (Å²) >= 11 is 0. The first-order valence-electron chi connectivity index (χ1n) is 10.5. The van der Waals surface area contributed by atoms with Crippen molar-refractivity contribution in [3.05, 3.63) is 23.8 Å². The predicted octanol–water partition coefficient (Wildman–Crippen LogP) is 0.929. The van der Waals surface area contributed by atoms with Gasteiger partial charge in [-0.25, -0.2) is 0 Å². The van der Waals surface area contributed by atoms with E-state index in [1.54, 1.807) is 26.0 Å². The lowest BCUT2D eigenvalue weighted by molar-refractivity contribution is -0.122. The molecule has 0 radical (unpaired) electrons. The first kappa shape index (κ1) is 24.4. The molecule has 8 nitrogen and oxygen atoms in total. The third kappa shape index (κ3) is 6.81. The van der Waals surface area contributed by atoms with Gasteiger partial charge in [0.2, 0.25) is 12.3 Å². The average molecular weight is 429 g/mol. The summed E-state index contributed by atoms with van der Waals surface area (Å²) < 4.78 is 5.84. The number of nitrogens with one attached hydrogen (secondary N) is 2. The third-order valence-corrected chi connectivity index (χ3v) is 5.38. The number of rotatable bonds is 10. The first-order chi connectivity index (χ1) is 15.0. The molecule has 8 heteroatoms. The Balaban J connectivity index is 2.29. The van der Waals surface area contributed by atoms with E-state index in [1.807, 2.05) is 18.2 Å². The van der Waals surface area contributed by atoms with Crippen molar-refractivity contribution in [2.45, 2.75) is 37.8 Å². The maximum Gasteiger partial charge on any atom is 0.242 e. The van der Waals surface area contributed by atoms with Gasteiger partial charge < -0.3 is 30.0 Å². The molecule has 1 aliphatic heterocycles. The molecule has 2 rings (SSSR count). The van der Waals surface area contributed by atoms with Crippen LogP contribution in [-0.4, -0.2) is 71.6 Å². The summed E-state index contributed by atoms with van der Waals surface area (Å²) in [5, 5.41) is 5.95. The van der Waals surface area contributed by atoms with Crippen LogP contribution in [0, 0.1) is 11.8 Å². The van der Waals surface area contributed by atoms with Crippen LogP contribution in [0.25, 0.3) is 0 Å². The van der Waals surface area contributed by atoms with Crippen molar-refractivity contribution in [3.63, 3.8) is 0 Å². The van der Waals surface area contributed by atoms with Crippen LogP contribution in [0.4, 0.5) is 11.4 Å². The molecular formula is C23H32N4O4. The maximum absolute atomic E-state index is 12.4. The van der Waals surface area contributed by atoms with Crippen molar-refractivity contribution in [2.24, 2.45) is 0 Å². The van der Waals surface area contributed by atoms with E-state index in [-0.39, 0.29) is 18.4 Å². The van der Waals surface area contributed by atoms with Gasteiger partial charge in [-0.1, -0.05) is 17.9 Å². The largest absolute Gasteiger partial charge is 0.365 e. The molecular weight excluding hydrogens is 396 g/mol. The Morgan fingerprint density at radius 2 is 2.06 bits per heavy atom.